The first-order valence-electron chi connectivity index (χ1n) is 8.94. The number of carbonyl (C=O) groups is 1. The Bertz CT molecular complexity index is 518. The van der Waals surface area contributed by atoms with E-state index in [-0.39, 0.29) is 11.8 Å². The smallest absolute Gasteiger partial charge is 0.223 e. The van der Waals surface area contributed by atoms with Gasteiger partial charge in [0, 0.05) is 12.5 Å². The van der Waals surface area contributed by atoms with Crippen molar-refractivity contribution in [1.29, 1.82) is 0 Å². The fraction of sp³-hybridized carbons (Fsp3) is 0.632. The van der Waals surface area contributed by atoms with E-state index in [1.54, 1.807) is 0 Å². The van der Waals surface area contributed by atoms with E-state index >= 15 is 0 Å². The summed E-state index contributed by atoms with van der Waals surface area (Å²) in [5.74, 6) is 0.806. The lowest BCUT2D eigenvalue weighted by molar-refractivity contribution is -0.126. The van der Waals surface area contributed by atoms with E-state index in [0.717, 1.165) is 26.2 Å². The molecule has 2 heterocycles. The summed E-state index contributed by atoms with van der Waals surface area (Å²) in [7, 11) is 0. The van der Waals surface area contributed by atoms with Crippen molar-refractivity contribution >= 4 is 5.91 Å². The van der Waals surface area contributed by atoms with Gasteiger partial charge in [-0.25, -0.2) is 0 Å². The molecule has 2 unspecified atom stereocenters. The summed E-state index contributed by atoms with van der Waals surface area (Å²) in [6.07, 6.45) is 2.53. The molecule has 1 aromatic carbocycles. The number of aryl methyl sites for hydroxylation is 1. The Labute approximate surface area is 139 Å². The Hall–Kier alpha value is -1.39. The van der Waals surface area contributed by atoms with Crippen molar-refractivity contribution in [3.63, 3.8) is 0 Å². The van der Waals surface area contributed by atoms with Gasteiger partial charge in [-0.2, -0.15) is 0 Å². The summed E-state index contributed by atoms with van der Waals surface area (Å²) >= 11 is 0. The molecule has 0 aromatic heterocycles. The van der Waals surface area contributed by atoms with Crippen LogP contribution in [0.3, 0.4) is 0 Å². The SMILES string of the molecule is Cc1ccc(C(CNC(=O)C(C)C2CNC2)N2CCCC2)cc1. The number of amides is 1. The molecule has 0 spiro atoms. The summed E-state index contributed by atoms with van der Waals surface area (Å²) in [6.45, 7) is 9.10. The first-order valence-corrected chi connectivity index (χ1v) is 8.94. The summed E-state index contributed by atoms with van der Waals surface area (Å²) in [6, 6.07) is 9.06. The van der Waals surface area contributed by atoms with Gasteiger partial charge < -0.3 is 10.6 Å². The molecule has 4 nitrogen and oxygen atoms in total. The fourth-order valence-electron chi connectivity index (χ4n) is 3.54. The number of likely N-dealkylation sites (tertiary alicyclic amines) is 1. The molecule has 23 heavy (non-hydrogen) atoms. The molecule has 4 heteroatoms. The molecule has 0 aliphatic carbocycles. The Balaban J connectivity index is 1.63. The molecule has 2 saturated heterocycles. The monoisotopic (exact) mass is 315 g/mol. The van der Waals surface area contributed by atoms with Crippen LogP contribution in [0.2, 0.25) is 0 Å². The predicted molar refractivity (Wildman–Crippen MR) is 93.3 cm³/mol. The van der Waals surface area contributed by atoms with Crippen LogP contribution in [-0.2, 0) is 4.79 Å². The number of rotatable bonds is 6. The van der Waals surface area contributed by atoms with E-state index < -0.39 is 0 Å². The van der Waals surface area contributed by atoms with E-state index in [0.29, 0.717) is 18.5 Å². The van der Waals surface area contributed by atoms with Crippen molar-refractivity contribution in [3.8, 4) is 0 Å². The highest BCUT2D eigenvalue weighted by atomic mass is 16.1. The molecular weight excluding hydrogens is 286 g/mol. The van der Waals surface area contributed by atoms with E-state index in [9.17, 15) is 4.79 Å². The van der Waals surface area contributed by atoms with Gasteiger partial charge in [0.15, 0.2) is 0 Å². The van der Waals surface area contributed by atoms with Crippen LogP contribution in [0.5, 0.6) is 0 Å². The maximum atomic E-state index is 12.4. The quantitative estimate of drug-likeness (QED) is 0.845. The van der Waals surface area contributed by atoms with Crippen LogP contribution in [0.4, 0.5) is 0 Å². The third-order valence-electron chi connectivity index (χ3n) is 5.45. The highest BCUT2D eigenvalue weighted by Gasteiger charge is 2.30. The highest BCUT2D eigenvalue weighted by molar-refractivity contribution is 5.78. The van der Waals surface area contributed by atoms with Crippen LogP contribution in [0.15, 0.2) is 24.3 Å². The van der Waals surface area contributed by atoms with Gasteiger partial charge in [-0.15, -0.1) is 0 Å². The minimum atomic E-state index is 0.105. The molecule has 0 saturated carbocycles. The van der Waals surface area contributed by atoms with Crippen LogP contribution in [0.25, 0.3) is 0 Å². The summed E-state index contributed by atoms with van der Waals surface area (Å²) in [4.78, 5) is 14.9. The van der Waals surface area contributed by atoms with Crippen molar-refractivity contribution in [3.05, 3.63) is 35.4 Å². The maximum absolute atomic E-state index is 12.4. The Morgan fingerprint density at radius 1 is 1.26 bits per heavy atom. The van der Waals surface area contributed by atoms with Gasteiger partial charge in [0.1, 0.15) is 0 Å². The fourth-order valence-corrected chi connectivity index (χ4v) is 3.54. The minimum Gasteiger partial charge on any atom is -0.354 e. The van der Waals surface area contributed by atoms with E-state index in [1.807, 2.05) is 0 Å². The van der Waals surface area contributed by atoms with Gasteiger partial charge >= 0.3 is 0 Å². The lowest BCUT2D eigenvalue weighted by Crippen LogP contribution is -2.50. The average Bonchev–Trinajstić information content (AvgIpc) is 3.01. The van der Waals surface area contributed by atoms with Crippen molar-refractivity contribution in [1.82, 2.24) is 15.5 Å². The summed E-state index contributed by atoms with van der Waals surface area (Å²) < 4.78 is 0. The average molecular weight is 315 g/mol. The molecule has 1 aromatic rings. The van der Waals surface area contributed by atoms with Gasteiger partial charge in [0.25, 0.3) is 0 Å². The zero-order valence-corrected chi connectivity index (χ0v) is 14.3. The number of hydrogen-bond acceptors (Lipinski definition) is 3. The summed E-state index contributed by atoms with van der Waals surface area (Å²) in [5.41, 5.74) is 2.60. The zero-order valence-electron chi connectivity index (χ0n) is 14.3. The molecule has 2 fully saturated rings. The molecule has 2 aliphatic rings. The van der Waals surface area contributed by atoms with Crippen LogP contribution in [0, 0.1) is 18.8 Å². The molecule has 1 amide bonds. The molecule has 126 valence electrons. The van der Waals surface area contributed by atoms with Gasteiger partial charge in [0.05, 0.1) is 6.04 Å². The summed E-state index contributed by atoms with van der Waals surface area (Å²) in [5, 5.41) is 6.46. The first kappa shape index (κ1) is 16.5. The molecule has 2 atom stereocenters. The minimum absolute atomic E-state index is 0.105. The maximum Gasteiger partial charge on any atom is 0.223 e. The topological polar surface area (TPSA) is 44.4 Å². The third-order valence-corrected chi connectivity index (χ3v) is 5.45. The molecular formula is C19H29N3O. The second kappa shape index (κ2) is 7.45. The van der Waals surface area contributed by atoms with Gasteiger partial charge in [-0.3, -0.25) is 9.69 Å². The van der Waals surface area contributed by atoms with Crippen molar-refractivity contribution in [2.75, 3.05) is 32.7 Å². The Morgan fingerprint density at radius 2 is 1.91 bits per heavy atom. The van der Waals surface area contributed by atoms with Crippen molar-refractivity contribution in [2.24, 2.45) is 11.8 Å². The molecule has 2 aliphatic heterocycles. The van der Waals surface area contributed by atoms with Crippen LogP contribution in [-0.4, -0.2) is 43.5 Å². The van der Waals surface area contributed by atoms with Crippen LogP contribution >= 0.6 is 0 Å². The predicted octanol–water partition coefficient (Wildman–Crippen LogP) is 2.10. The number of benzene rings is 1. The van der Waals surface area contributed by atoms with Gasteiger partial charge in [-0.05, 0) is 57.4 Å². The second-order valence-corrected chi connectivity index (χ2v) is 7.12. The first-order chi connectivity index (χ1) is 11.1. The Kier molecular flexibility index (Phi) is 5.34. The third kappa shape index (κ3) is 3.93. The molecule has 3 rings (SSSR count). The van der Waals surface area contributed by atoms with Crippen LogP contribution < -0.4 is 10.6 Å². The lowest BCUT2D eigenvalue weighted by Gasteiger charge is -2.33. The molecule has 0 radical (unpaired) electrons. The van der Waals surface area contributed by atoms with E-state index in [4.69, 9.17) is 0 Å². The number of nitrogens with one attached hydrogen (secondary N) is 2. The van der Waals surface area contributed by atoms with E-state index in [1.165, 1.54) is 24.0 Å². The normalized spacial score (nSPS) is 21.7. The van der Waals surface area contributed by atoms with Gasteiger partial charge in [-0.1, -0.05) is 36.8 Å². The van der Waals surface area contributed by atoms with Crippen LogP contribution in [0.1, 0.15) is 36.9 Å². The molecule has 0 bridgehead atoms. The highest BCUT2D eigenvalue weighted by Crippen LogP contribution is 2.25. The second-order valence-electron chi connectivity index (χ2n) is 7.12. The molecule has 2 N–H and O–H groups in total. The largest absolute Gasteiger partial charge is 0.354 e. The van der Waals surface area contributed by atoms with Gasteiger partial charge in [0.2, 0.25) is 5.91 Å². The number of hydrogen-bond donors (Lipinski definition) is 2. The van der Waals surface area contributed by atoms with Crippen molar-refractivity contribution < 1.29 is 4.79 Å². The lowest BCUT2D eigenvalue weighted by atomic mass is 9.88. The van der Waals surface area contributed by atoms with Crippen molar-refractivity contribution in [2.45, 2.75) is 32.7 Å². The van der Waals surface area contributed by atoms with E-state index in [2.05, 4.69) is 53.6 Å². The Morgan fingerprint density at radius 3 is 2.48 bits per heavy atom. The standard InChI is InChI=1S/C19H29N3O/c1-14-5-7-16(8-6-14)18(22-9-3-4-10-22)13-21-19(23)15(2)17-11-20-12-17/h5-8,15,17-18,20H,3-4,9-13H2,1-2H3,(H,21,23). The zero-order chi connectivity index (χ0) is 16.2. The number of carbonyl (C=O) groups excluding carboxylic acids is 1. The number of nitrogens with zero attached hydrogens (tertiary/aromatic N) is 1.